The third kappa shape index (κ3) is 6.09. The van der Waals surface area contributed by atoms with E-state index >= 15 is 0 Å². The second-order valence-corrected chi connectivity index (χ2v) is 4.87. The van der Waals surface area contributed by atoms with Crippen molar-refractivity contribution in [2.45, 2.75) is 25.1 Å². The molecule has 1 aliphatic rings. The molecule has 1 heterocycles. The van der Waals surface area contributed by atoms with Gasteiger partial charge in [-0.25, -0.2) is 14.6 Å². The zero-order valence-electron chi connectivity index (χ0n) is 11.7. The van der Waals surface area contributed by atoms with Crippen LogP contribution < -0.4 is 5.32 Å². The molecule has 0 aliphatic heterocycles. The van der Waals surface area contributed by atoms with E-state index in [0.717, 1.165) is 12.8 Å². The molecule has 0 bridgehead atoms. The summed E-state index contributed by atoms with van der Waals surface area (Å²) < 4.78 is 43.9. The summed E-state index contributed by atoms with van der Waals surface area (Å²) in [6.07, 6.45) is -2.13. The number of carboxylic acid groups (broad SMARTS) is 2. The molecule has 128 valence electrons. The van der Waals surface area contributed by atoms with Gasteiger partial charge in [-0.3, -0.25) is 4.39 Å². The van der Waals surface area contributed by atoms with E-state index in [1.807, 2.05) is 0 Å². The number of alkyl halides is 4. The third-order valence-electron chi connectivity index (χ3n) is 3.06. The number of hydrogen-bond acceptors (Lipinski definition) is 4. The molecule has 2 rings (SSSR count). The van der Waals surface area contributed by atoms with Crippen LogP contribution in [-0.4, -0.2) is 46.0 Å². The SMILES string of the molecule is O=C(O)C(F)(F)F.O=C(O)c1ccc(NC2CC(CF)C2)nc1. The second-order valence-electron chi connectivity index (χ2n) is 4.87. The van der Waals surface area contributed by atoms with Crippen molar-refractivity contribution in [1.29, 1.82) is 0 Å². The smallest absolute Gasteiger partial charge is 0.478 e. The summed E-state index contributed by atoms with van der Waals surface area (Å²) in [5.41, 5.74) is 0.167. The van der Waals surface area contributed by atoms with Crippen molar-refractivity contribution >= 4 is 17.8 Å². The van der Waals surface area contributed by atoms with E-state index < -0.39 is 18.1 Å². The number of aromatic carboxylic acids is 1. The van der Waals surface area contributed by atoms with Crippen LogP contribution in [0.3, 0.4) is 0 Å². The van der Waals surface area contributed by atoms with Gasteiger partial charge in [-0.1, -0.05) is 0 Å². The number of nitrogens with zero attached hydrogens (tertiary/aromatic N) is 1. The Morgan fingerprint density at radius 3 is 2.17 bits per heavy atom. The molecule has 23 heavy (non-hydrogen) atoms. The van der Waals surface area contributed by atoms with E-state index in [4.69, 9.17) is 15.0 Å². The highest BCUT2D eigenvalue weighted by atomic mass is 19.4. The molecule has 10 heteroatoms. The average Bonchev–Trinajstić information content (AvgIpc) is 2.42. The number of anilines is 1. The number of nitrogens with one attached hydrogen (secondary N) is 1. The van der Waals surface area contributed by atoms with Crippen LogP contribution in [0, 0.1) is 5.92 Å². The molecule has 1 saturated carbocycles. The van der Waals surface area contributed by atoms with Gasteiger partial charge in [-0.2, -0.15) is 13.2 Å². The van der Waals surface area contributed by atoms with Gasteiger partial charge in [0.1, 0.15) is 5.82 Å². The quantitative estimate of drug-likeness (QED) is 0.730. The molecule has 1 aromatic heterocycles. The number of hydrogen-bond donors (Lipinski definition) is 3. The number of pyridine rings is 1. The number of aromatic nitrogens is 1. The molecule has 0 saturated heterocycles. The van der Waals surface area contributed by atoms with Gasteiger partial charge in [-0.15, -0.1) is 0 Å². The third-order valence-corrected chi connectivity index (χ3v) is 3.06. The highest BCUT2D eigenvalue weighted by molar-refractivity contribution is 5.87. The molecule has 0 atom stereocenters. The minimum absolute atomic E-state index is 0.167. The first-order valence-corrected chi connectivity index (χ1v) is 6.45. The van der Waals surface area contributed by atoms with Gasteiger partial charge in [0, 0.05) is 12.2 Å². The van der Waals surface area contributed by atoms with Crippen LogP contribution in [0.15, 0.2) is 18.3 Å². The Morgan fingerprint density at radius 1 is 1.26 bits per heavy atom. The van der Waals surface area contributed by atoms with E-state index in [1.165, 1.54) is 12.3 Å². The predicted octanol–water partition coefficient (Wildman–Crippen LogP) is 2.57. The summed E-state index contributed by atoms with van der Waals surface area (Å²) in [5.74, 6) is -2.92. The molecule has 6 nitrogen and oxygen atoms in total. The van der Waals surface area contributed by atoms with Crippen molar-refractivity contribution in [1.82, 2.24) is 4.98 Å². The maximum atomic E-state index is 12.2. The summed E-state index contributed by atoms with van der Waals surface area (Å²) in [7, 11) is 0. The topological polar surface area (TPSA) is 99.5 Å². The largest absolute Gasteiger partial charge is 0.490 e. The van der Waals surface area contributed by atoms with Crippen molar-refractivity contribution in [3.8, 4) is 0 Å². The molecule has 3 N–H and O–H groups in total. The number of rotatable bonds is 4. The van der Waals surface area contributed by atoms with Crippen LogP contribution in [0.25, 0.3) is 0 Å². The fraction of sp³-hybridized carbons (Fsp3) is 0.462. The molecule has 1 aromatic rings. The fourth-order valence-electron chi connectivity index (χ4n) is 1.79. The Hall–Kier alpha value is -2.39. The summed E-state index contributed by atoms with van der Waals surface area (Å²) >= 11 is 0. The van der Waals surface area contributed by atoms with Crippen LogP contribution in [-0.2, 0) is 4.79 Å². The van der Waals surface area contributed by atoms with Gasteiger partial charge in [0.2, 0.25) is 0 Å². The Labute approximate surface area is 128 Å². The lowest BCUT2D eigenvalue weighted by atomic mass is 9.81. The molecular weight excluding hydrogens is 324 g/mol. The van der Waals surface area contributed by atoms with Gasteiger partial charge >= 0.3 is 18.1 Å². The van der Waals surface area contributed by atoms with E-state index in [-0.39, 0.29) is 24.2 Å². The van der Waals surface area contributed by atoms with Gasteiger partial charge in [-0.05, 0) is 30.9 Å². The highest BCUT2D eigenvalue weighted by Crippen LogP contribution is 2.29. The highest BCUT2D eigenvalue weighted by Gasteiger charge is 2.38. The molecule has 0 radical (unpaired) electrons. The van der Waals surface area contributed by atoms with E-state index in [2.05, 4.69) is 10.3 Å². The first-order chi connectivity index (χ1) is 10.6. The normalized spacial score (nSPS) is 19.8. The van der Waals surface area contributed by atoms with Crippen LogP contribution in [0.5, 0.6) is 0 Å². The lowest BCUT2D eigenvalue weighted by molar-refractivity contribution is -0.192. The maximum Gasteiger partial charge on any atom is 0.490 e. The minimum Gasteiger partial charge on any atom is -0.478 e. The first kappa shape index (κ1) is 18.7. The molecule has 0 aromatic carbocycles. The van der Waals surface area contributed by atoms with Gasteiger partial charge in [0.05, 0.1) is 12.2 Å². The minimum atomic E-state index is -5.08. The standard InChI is InChI=1S/C11H13FN2O2.C2HF3O2/c12-5-7-3-9(4-7)14-10-2-1-8(6-13-10)11(15)16;3-2(4,5)1(6)7/h1-2,6-7,9H,3-5H2,(H,13,14)(H,15,16);(H,6,7). The van der Waals surface area contributed by atoms with Crippen LogP contribution in [0.4, 0.5) is 23.4 Å². The Morgan fingerprint density at radius 2 is 1.83 bits per heavy atom. The average molecular weight is 338 g/mol. The summed E-state index contributed by atoms with van der Waals surface area (Å²) in [6.45, 7) is -0.260. The molecule has 0 unspecified atom stereocenters. The predicted molar refractivity (Wildman–Crippen MR) is 71.0 cm³/mol. The lowest BCUT2D eigenvalue weighted by Gasteiger charge is -2.34. The first-order valence-electron chi connectivity index (χ1n) is 6.45. The van der Waals surface area contributed by atoms with Gasteiger partial charge in [0.15, 0.2) is 0 Å². The number of carbonyl (C=O) groups is 2. The summed E-state index contributed by atoms with van der Waals surface area (Å²) in [5, 5.41) is 18.9. The fourth-order valence-corrected chi connectivity index (χ4v) is 1.79. The lowest BCUT2D eigenvalue weighted by Crippen LogP contribution is -2.36. The molecule has 0 spiro atoms. The van der Waals surface area contributed by atoms with Gasteiger partial charge < -0.3 is 15.5 Å². The van der Waals surface area contributed by atoms with Crippen molar-refractivity contribution < 1.29 is 37.4 Å². The summed E-state index contributed by atoms with van der Waals surface area (Å²) in [6, 6.07) is 3.40. The molecular formula is C13H14F4N2O4. The van der Waals surface area contributed by atoms with Crippen LogP contribution in [0.2, 0.25) is 0 Å². The van der Waals surface area contributed by atoms with E-state index in [1.54, 1.807) is 6.07 Å². The number of carboxylic acids is 2. The second kappa shape index (κ2) is 7.75. The number of aliphatic carboxylic acids is 1. The Bertz CT molecular complexity index is 542. The maximum absolute atomic E-state index is 12.2. The monoisotopic (exact) mass is 338 g/mol. The Balaban J connectivity index is 0.000000322. The van der Waals surface area contributed by atoms with Crippen molar-refractivity contribution in [3.05, 3.63) is 23.9 Å². The molecule has 1 fully saturated rings. The summed E-state index contributed by atoms with van der Waals surface area (Å²) in [4.78, 5) is 23.5. The van der Waals surface area contributed by atoms with E-state index in [0.29, 0.717) is 5.82 Å². The van der Waals surface area contributed by atoms with Crippen molar-refractivity contribution in [3.63, 3.8) is 0 Å². The molecule has 0 amide bonds. The Kier molecular flexibility index (Phi) is 6.28. The van der Waals surface area contributed by atoms with Gasteiger partial charge in [0.25, 0.3) is 0 Å². The van der Waals surface area contributed by atoms with Crippen molar-refractivity contribution in [2.24, 2.45) is 5.92 Å². The van der Waals surface area contributed by atoms with Crippen LogP contribution >= 0.6 is 0 Å². The zero-order valence-corrected chi connectivity index (χ0v) is 11.7. The van der Waals surface area contributed by atoms with Crippen LogP contribution in [0.1, 0.15) is 23.2 Å². The molecule has 1 aliphatic carbocycles. The zero-order chi connectivity index (χ0) is 17.6. The van der Waals surface area contributed by atoms with E-state index in [9.17, 15) is 22.4 Å². The number of halogens is 4. The van der Waals surface area contributed by atoms with Crippen molar-refractivity contribution in [2.75, 3.05) is 12.0 Å².